The van der Waals surface area contributed by atoms with Crippen LogP contribution in [-0.4, -0.2) is 35.2 Å². The second kappa shape index (κ2) is 10.4. The number of fused-ring (bicyclic) bond motifs is 1. The van der Waals surface area contributed by atoms with Gasteiger partial charge in [-0.15, -0.1) is 0 Å². The zero-order valence-corrected chi connectivity index (χ0v) is 21.3. The largest absolute Gasteiger partial charge is 0.497 e. The third-order valence-corrected chi connectivity index (χ3v) is 6.53. The highest BCUT2D eigenvalue weighted by atomic mass is 32.2. The number of amides is 1. The minimum Gasteiger partial charge on any atom is -0.497 e. The molecule has 2 aliphatic rings. The number of carbonyl (C=O) groups excluding carboxylic acids is 2. The number of carbonyl (C=O) groups is 2. The number of aryl methyl sites for hydroxylation is 1. The van der Waals surface area contributed by atoms with Gasteiger partial charge in [0.05, 0.1) is 36.9 Å². The maximum atomic E-state index is 13.2. The monoisotopic (exact) mass is 491 g/mol. The molecule has 0 unspecified atom stereocenters. The molecule has 0 spiro atoms. The molecule has 7 nitrogen and oxygen atoms in total. The lowest BCUT2D eigenvalue weighted by atomic mass is 9.93. The van der Waals surface area contributed by atoms with E-state index in [1.54, 1.807) is 31.4 Å². The first-order chi connectivity index (χ1) is 16.8. The highest BCUT2D eigenvalue weighted by Gasteiger charge is 2.41. The van der Waals surface area contributed by atoms with Gasteiger partial charge in [0.25, 0.3) is 0 Å². The highest BCUT2D eigenvalue weighted by molar-refractivity contribution is 8.16. The summed E-state index contributed by atoms with van der Waals surface area (Å²) in [5.74, 6) is 0.158. The van der Waals surface area contributed by atoms with Gasteiger partial charge in [-0.1, -0.05) is 41.6 Å². The molecule has 0 fully saturated rings. The summed E-state index contributed by atoms with van der Waals surface area (Å²) >= 11 is 1.45. The molecule has 2 aromatic rings. The van der Waals surface area contributed by atoms with E-state index >= 15 is 0 Å². The van der Waals surface area contributed by atoms with E-state index in [-0.39, 0.29) is 18.4 Å². The number of benzene rings is 2. The minimum absolute atomic E-state index is 0.131. The summed E-state index contributed by atoms with van der Waals surface area (Å²) in [7, 11) is 1.60. The number of rotatable bonds is 7. The number of hydrogen-bond donors (Lipinski definition) is 1. The molecule has 0 saturated heterocycles. The van der Waals surface area contributed by atoms with Crippen LogP contribution in [0.1, 0.15) is 44.4 Å². The summed E-state index contributed by atoms with van der Waals surface area (Å²) in [6.07, 6.45) is -0.129. The molecule has 35 heavy (non-hydrogen) atoms. The quantitative estimate of drug-likeness (QED) is 0.511. The van der Waals surface area contributed by atoms with Crippen LogP contribution in [0.2, 0.25) is 0 Å². The van der Waals surface area contributed by atoms with Crippen LogP contribution in [0.15, 0.2) is 75.9 Å². The number of nitrogens with zero attached hydrogens (tertiary/aromatic N) is 2. The number of allylic oxidation sites excluding steroid dienone is 1. The van der Waals surface area contributed by atoms with Crippen molar-refractivity contribution in [2.45, 2.75) is 46.3 Å². The Morgan fingerprint density at radius 1 is 1.14 bits per heavy atom. The molecule has 1 atom stereocenters. The van der Waals surface area contributed by atoms with Gasteiger partial charge in [-0.25, -0.2) is 9.79 Å². The van der Waals surface area contributed by atoms with Crippen molar-refractivity contribution in [2.24, 2.45) is 4.99 Å². The summed E-state index contributed by atoms with van der Waals surface area (Å²) in [6, 6.07) is 14.8. The zero-order valence-electron chi connectivity index (χ0n) is 20.5. The van der Waals surface area contributed by atoms with Crippen molar-refractivity contribution < 1.29 is 19.1 Å². The molecule has 1 N–H and O–H groups in total. The Bertz CT molecular complexity index is 1230. The van der Waals surface area contributed by atoms with Crippen molar-refractivity contribution in [3.8, 4) is 5.75 Å². The van der Waals surface area contributed by atoms with Gasteiger partial charge < -0.3 is 19.7 Å². The van der Waals surface area contributed by atoms with Crippen molar-refractivity contribution in [1.82, 2.24) is 4.90 Å². The Labute approximate surface area is 209 Å². The predicted molar refractivity (Wildman–Crippen MR) is 139 cm³/mol. The van der Waals surface area contributed by atoms with Gasteiger partial charge in [0.2, 0.25) is 5.91 Å². The predicted octanol–water partition coefficient (Wildman–Crippen LogP) is 5.56. The first-order valence-corrected chi connectivity index (χ1v) is 12.3. The summed E-state index contributed by atoms with van der Waals surface area (Å²) in [5.41, 5.74) is 4.58. The summed E-state index contributed by atoms with van der Waals surface area (Å²) in [4.78, 5) is 32.8. The smallest absolute Gasteiger partial charge is 0.338 e. The van der Waals surface area contributed by atoms with E-state index in [2.05, 4.69) is 11.4 Å². The van der Waals surface area contributed by atoms with Crippen LogP contribution in [0.5, 0.6) is 5.75 Å². The Morgan fingerprint density at radius 2 is 1.89 bits per heavy atom. The molecule has 4 rings (SSSR count). The van der Waals surface area contributed by atoms with Crippen LogP contribution in [0.3, 0.4) is 0 Å². The van der Waals surface area contributed by atoms with Gasteiger partial charge in [-0.05, 0) is 62.9 Å². The van der Waals surface area contributed by atoms with Crippen LogP contribution in [0.25, 0.3) is 0 Å². The second-order valence-corrected chi connectivity index (χ2v) is 9.55. The number of ether oxygens (including phenoxy) is 2. The Balaban J connectivity index is 1.64. The van der Waals surface area contributed by atoms with Crippen LogP contribution >= 0.6 is 11.8 Å². The van der Waals surface area contributed by atoms with E-state index in [4.69, 9.17) is 14.5 Å². The molecule has 2 aromatic carbocycles. The van der Waals surface area contributed by atoms with Crippen LogP contribution in [-0.2, 0) is 14.3 Å². The molecular weight excluding hydrogens is 462 g/mol. The number of anilines is 1. The third kappa shape index (κ3) is 5.43. The second-order valence-electron chi connectivity index (χ2n) is 8.71. The number of amidine groups is 1. The zero-order chi connectivity index (χ0) is 25.1. The van der Waals surface area contributed by atoms with Crippen molar-refractivity contribution >= 4 is 34.5 Å². The topological polar surface area (TPSA) is 80.2 Å². The van der Waals surface area contributed by atoms with Gasteiger partial charge in [0.1, 0.15) is 5.75 Å². The average molecular weight is 492 g/mol. The van der Waals surface area contributed by atoms with Crippen molar-refractivity contribution in [3.05, 3.63) is 82.0 Å². The van der Waals surface area contributed by atoms with Crippen LogP contribution in [0.4, 0.5) is 5.69 Å². The molecule has 0 radical (unpaired) electrons. The highest BCUT2D eigenvalue weighted by Crippen LogP contribution is 2.45. The normalized spacial score (nSPS) is 17.1. The molecule has 0 aliphatic carbocycles. The SMILES string of the molecule is COc1ccc(NC(=O)CC2=CSC3=NC(C)=C(C(=O)OC(C)C)[C@H](c4cccc(C)c4)N23)cc1. The van der Waals surface area contributed by atoms with E-state index in [9.17, 15) is 9.59 Å². The van der Waals surface area contributed by atoms with Gasteiger partial charge in [0, 0.05) is 11.4 Å². The molecule has 0 saturated carbocycles. The summed E-state index contributed by atoms with van der Waals surface area (Å²) in [6.45, 7) is 7.50. The number of methoxy groups -OCH3 is 1. The lowest BCUT2D eigenvalue weighted by Gasteiger charge is -2.36. The molecule has 1 amide bonds. The van der Waals surface area contributed by atoms with Crippen molar-refractivity contribution in [1.29, 1.82) is 0 Å². The van der Waals surface area contributed by atoms with Gasteiger partial charge in [0.15, 0.2) is 5.17 Å². The van der Waals surface area contributed by atoms with Gasteiger partial charge in [-0.3, -0.25) is 4.79 Å². The maximum Gasteiger partial charge on any atom is 0.338 e. The fraction of sp³-hybridized carbons (Fsp3) is 0.296. The number of nitrogens with one attached hydrogen (secondary N) is 1. The number of hydrogen-bond acceptors (Lipinski definition) is 7. The maximum absolute atomic E-state index is 13.2. The molecule has 0 aromatic heterocycles. The fourth-order valence-corrected chi connectivity index (χ4v) is 5.07. The molecular formula is C27H29N3O4S. The van der Waals surface area contributed by atoms with Crippen LogP contribution < -0.4 is 10.1 Å². The number of esters is 1. The van der Waals surface area contributed by atoms with Gasteiger partial charge >= 0.3 is 5.97 Å². The lowest BCUT2D eigenvalue weighted by Crippen LogP contribution is -2.37. The van der Waals surface area contributed by atoms with E-state index in [1.165, 1.54) is 11.8 Å². The average Bonchev–Trinajstić information content (AvgIpc) is 3.19. The fourth-order valence-electron chi connectivity index (χ4n) is 4.11. The standard InChI is InChI=1S/C27H29N3O4S/c1-16(2)34-26(32)24-18(4)28-27-30(25(24)19-8-6-7-17(3)13-19)21(15-35-27)14-23(31)29-20-9-11-22(33-5)12-10-20/h6-13,15-16,25H,14H2,1-5H3,(H,29,31)/t25-/m0/s1. The first-order valence-electron chi connectivity index (χ1n) is 11.4. The Hall–Kier alpha value is -3.52. The Morgan fingerprint density at radius 3 is 2.54 bits per heavy atom. The number of thioether (sulfide) groups is 1. The van der Waals surface area contributed by atoms with Crippen molar-refractivity contribution in [2.75, 3.05) is 12.4 Å². The van der Waals surface area contributed by atoms with E-state index in [0.29, 0.717) is 17.0 Å². The van der Waals surface area contributed by atoms with E-state index < -0.39 is 12.0 Å². The molecule has 8 heteroatoms. The van der Waals surface area contributed by atoms with E-state index in [1.807, 2.05) is 56.2 Å². The lowest BCUT2D eigenvalue weighted by molar-refractivity contribution is -0.143. The van der Waals surface area contributed by atoms with Crippen LogP contribution in [0, 0.1) is 6.92 Å². The molecule has 0 bridgehead atoms. The molecule has 2 heterocycles. The van der Waals surface area contributed by atoms with Crippen molar-refractivity contribution in [3.63, 3.8) is 0 Å². The molecule has 182 valence electrons. The minimum atomic E-state index is -0.441. The third-order valence-electron chi connectivity index (χ3n) is 5.64. The Kier molecular flexibility index (Phi) is 7.31. The summed E-state index contributed by atoms with van der Waals surface area (Å²) < 4.78 is 10.8. The van der Waals surface area contributed by atoms with E-state index in [0.717, 1.165) is 27.7 Å². The molecule has 2 aliphatic heterocycles. The summed E-state index contributed by atoms with van der Waals surface area (Å²) in [5, 5.41) is 5.60. The first kappa shape index (κ1) is 24.6. The van der Waals surface area contributed by atoms with Gasteiger partial charge in [-0.2, -0.15) is 0 Å². The number of aliphatic imine (C=N–C) groups is 1.